The average Bonchev–Trinajstić information content (AvgIpc) is 3.18. The minimum atomic E-state index is -0.0163. The first kappa shape index (κ1) is 18.6. The van der Waals surface area contributed by atoms with Gasteiger partial charge in [0.05, 0.1) is 11.1 Å². The summed E-state index contributed by atoms with van der Waals surface area (Å²) < 4.78 is 0. The molecule has 0 atom stereocenters. The fourth-order valence-electron chi connectivity index (χ4n) is 3.33. The molecule has 0 bridgehead atoms. The summed E-state index contributed by atoms with van der Waals surface area (Å²) >= 11 is 0. The van der Waals surface area contributed by atoms with E-state index in [1.54, 1.807) is 0 Å². The van der Waals surface area contributed by atoms with Crippen molar-refractivity contribution in [3.8, 4) is 0 Å². The van der Waals surface area contributed by atoms with Crippen molar-refractivity contribution in [2.75, 3.05) is 38.1 Å². The van der Waals surface area contributed by atoms with Gasteiger partial charge in [-0.2, -0.15) is 0 Å². The smallest absolute Gasteiger partial charge is 0.255 e. The zero-order chi connectivity index (χ0) is 18.5. The largest absolute Gasteiger partial charge is 0.356 e. The molecule has 0 unspecified atom stereocenters. The number of carbonyl (C=O) groups excluding carboxylic acids is 1. The van der Waals surface area contributed by atoms with Crippen molar-refractivity contribution in [2.45, 2.75) is 39.2 Å². The van der Waals surface area contributed by atoms with E-state index >= 15 is 0 Å². The molecule has 0 spiro atoms. The van der Waals surface area contributed by atoms with E-state index in [1.165, 1.54) is 0 Å². The maximum absolute atomic E-state index is 12.9. The molecule has 1 aliphatic rings. The number of nitrogens with zero attached hydrogens (tertiary/aromatic N) is 3. The van der Waals surface area contributed by atoms with Crippen molar-refractivity contribution in [3.05, 3.63) is 35.9 Å². The number of aromatic nitrogens is 1. The standard InChI is InChI=1S/C21H30N4O/c1-16(2)24(3)12-8-11-22-21(26)18-15-17-9-4-5-10-19(17)23-20(18)25-13-6-7-14-25/h4-5,9-10,15-16H,6-8,11-14H2,1-3H3,(H,22,26). The van der Waals surface area contributed by atoms with Crippen LogP contribution in [0.1, 0.15) is 43.5 Å². The predicted octanol–water partition coefficient (Wildman–Crippen LogP) is 3.30. The van der Waals surface area contributed by atoms with E-state index < -0.39 is 0 Å². The molecule has 0 aliphatic carbocycles. The second kappa shape index (κ2) is 8.49. The van der Waals surface area contributed by atoms with Gasteiger partial charge in [-0.3, -0.25) is 4.79 Å². The molecule has 1 aliphatic heterocycles. The summed E-state index contributed by atoms with van der Waals surface area (Å²) in [5.41, 5.74) is 1.65. The topological polar surface area (TPSA) is 48.5 Å². The Hall–Kier alpha value is -2.14. The highest BCUT2D eigenvalue weighted by atomic mass is 16.1. The Kier molecular flexibility index (Phi) is 6.09. The Morgan fingerprint density at radius 3 is 2.73 bits per heavy atom. The molecule has 26 heavy (non-hydrogen) atoms. The fourth-order valence-corrected chi connectivity index (χ4v) is 3.33. The maximum Gasteiger partial charge on any atom is 0.255 e. The Morgan fingerprint density at radius 2 is 2.00 bits per heavy atom. The van der Waals surface area contributed by atoms with Crippen LogP contribution in [0.5, 0.6) is 0 Å². The zero-order valence-electron chi connectivity index (χ0n) is 16.2. The number of carbonyl (C=O) groups is 1. The van der Waals surface area contributed by atoms with Gasteiger partial charge in [-0.15, -0.1) is 0 Å². The molecule has 1 aromatic carbocycles. The average molecular weight is 354 g/mol. The lowest BCUT2D eigenvalue weighted by atomic mass is 10.1. The first-order chi connectivity index (χ1) is 12.6. The van der Waals surface area contributed by atoms with Gasteiger partial charge in [0.1, 0.15) is 5.82 Å². The van der Waals surface area contributed by atoms with E-state index in [4.69, 9.17) is 4.98 Å². The van der Waals surface area contributed by atoms with E-state index in [9.17, 15) is 4.79 Å². The van der Waals surface area contributed by atoms with Crippen LogP contribution in [0, 0.1) is 0 Å². The van der Waals surface area contributed by atoms with Gasteiger partial charge < -0.3 is 15.1 Å². The van der Waals surface area contributed by atoms with E-state index in [1.807, 2.05) is 30.3 Å². The Labute approximate surface area is 156 Å². The number of amides is 1. The lowest BCUT2D eigenvalue weighted by molar-refractivity contribution is 0.0952. The Bertz CT molecular complexity index is 753. The second-order valence-corrected chi connectivity index (χ2v) is 7.43. The van der Waals surface area contributed by atoms with Gasteiger partial charge in [0, 0.05) is 31.1 Å². The first-order valence-electron chi connectivity index (χ1n) is 9.69. The summed E-state index contributed by atoms with van der Waals surface area (Å²) in [5, 5.41) is 4.10. The number of hydrogen-bond donors (Lipinski definition) is 1. The molecule has 1 aromatic heterocycles. The van der Waals surface area contributed by atoms with Crippen LogP contribution in [0.3, 0.4) is 0 Å². The van der Waals surface area contributed by atoms with Crippen LogP contribution in [-0.2, 0) is 0 Å². The third kappa shape index (κ3) is 4.33. The number of rotatable bonds is 7. The molecule has 1 N–H and O–H groups in total. The SMILES string of the molecule is CC(C)N(C)CCCNC(=O)c1cc2ccccc2nc1N1CCCC1. The van der Waals surface area contributed by atoms with Gasteiger partial charge in [0.2, 0.25) is 0 Å². The van der Waals surface area contributed by atoms with Crippen molar-refractivity contribution in [1.29, 1.82) is 0 Å². The third-order valence-corrected chi connectivity index (χ3v) is 5.21. The van der Waals surface area contributed by atoms with Gasteiger partial charge in [-0.1, -0.05) is 18.2 Å². The number of nitrogens with one attached hydrogen (secondary N) is 1. The highest BCUT2D eigenvalue weighted by Gasteiger charge is 2.21. The van der Waals surface area contributed by atoms with Gasteiger partial charge in [-0.25, -0.2) is 4.98 Å². The van der Waals surface area contributed by atoms with Crippen LogP contribution >= 0.6 is 0 Å². The quantitative estimate of drug-likeness (QED) is 0.775. The van der Waals surface area contributed by atoms with Crippen molar-refractivity contribution >= 4 is 22.6 Å². The molecule has 140 valence electrons. The molecule has 1 fully saturated rings. The summed E-state index contributed by atoms with van der Waals surface area (Å²) in [5.74, 6) is 0.815. The Balaban J connectivity index is 1.74. The molecule has 0 saturated carbocycles. The van der Waals surface area contributed by atoms with Crippen molar-refractivity contribution in [2.24, 2.45) is 0 Å². The van der Waals surface area contributed by atoms with Crippen LogP contribution < -0.4 is 10.2 Å². The van der Waals surface area contributed by atoms with Crippen molar-refractivity contribution in [1.82, 2.24) is 15.2 Å². The first-order valence-corrected chi connectivity index (χ1v) is 9.69. The highest BCUT2D eigenvalue weighted by Crippen LogP contribution is 2.26. The molecular weight excluding hydrogens is 324 g/mol. The van der Waals surface area contributed by atoms with E-state index in [-0.39, 0.29) is 5.91 Å². The molecule has 5 heteroatoms. The zero-order valence-corrected chi connectivity index (χ0v) is 16.2. The minimum absolute atomic E-state index is 0.0163. The van der Waals surface area contributed by atoms with Crippen LogP contribution in [0.4, 0.5) is 5.82 Å². The number of pyridine rings is 1. The number of hydrogen-bond acceptors (Lipinski definition) is 4. The van der Waals surface area contributed by atoms with E-state index in [0.717, 1.165) is 55.6 Å². The fraction of sp³-hybridized carbons (Fsp3) is 0.524. The second-order valence-electron chi connectivity index (χ2n) is 7.43. The van der Waals surface area contributed by atoms with Crippen molar-refractivity contribution in [3.63, 3.8) is 0 Å². The number of anilines is 1. The van der Waals surface area contributed by atoms with Gasteiger partial charge in [0.15, 0.2) is 0 Å². The molecule has 2 aromatic rings. The normalized spacial score (nSPS) is 14.6. The van der Waals surface area contributed by atoms with Crippen LogP contribution in [0.15, 0.2) is 30.3 Å². The lowest BCUT2D eigenvalue weighted by Gasteiger charge is -2.22. The van der Waals surface area contributed by atoms with Crippen molar-refractivity contribution < 1.29 is 4.79 Å². The molecule has 5 nitrogen and oxygen atoms in total. The summed E-state index contributed by atoms with van der Waals surface area (Å²) in [6.45, 7) is 7.98. The maximum atomic E-state index is 12.9. The molecule has 1 saturated heterocycles. The van der Waals surface area contributed by atoms with Gasteiger partial charge in [-0.05, 0) is 58.8 Å². The minimum Gasteiger partial charge on any atom is -0.356 e. The van der Waals surface area contributed by atoms with E-state index in [0.29, 0.717) is 18.2 Å². The van der Waals surface area contributed by atoms with Crippen LogP contribution in [0.25, 0.3) is 10.9 Å². The lowest BCUT2D eigenvalue weighted by Crippen LogP contribution is -2.32. The van der Waals surface area contributed by atoms with Crippen LogP contribution in [-0.4, -0.2) is 55.1 Å². The molecule has 3 rings (SSSR count). The number of fused-ring (bicyclic) bond motifs is 1. The third-order valence-electron chi connectivity index (χ3n) is 5.21. The van der Waals surface area contributed by atoms with E-state index in [2.05, 4.69) is 36.0 Å². The summed E-state index contributed by atoms with van der Waals surface area (Å²) in [4.78, 5) is 22.2. The molecular formula is C21H30N4O. The molecule has 2 heterocycles. The Morgan fingerprint density at radius 1 is 1.27 bits per heavy atom. The number of para-hydroxylation sites is 1. The molecule has 1 amide bonds. The predicted molar refractivity (Wildman–Crippen MR) is 108 cm³/mol. The summed E-state index contributed by atoms with van der Waals surface area (Å²) in [7, 11) is 2.12. The monoisotopic (exact) mass is 354 g/mol. The number of benzene rings is 1. The summed E-state index contributed by atoms with van der Waals surface area (Å²) in [6, 6.07) is 10.5. The summed E-state index contributed by atoms with van der Waals surface area (Å²) in [6.07, 6.45) is 3.27. The van der Waals surface area contributed by atoms with Crippen LogP contribution in [0.2, 0.25) is 0 Å². The van der Waals surface area contributed by atoms with Gasteiger partial charge in [0.25, 0.3) is 5.91 Å². The molecule has 0 radical (unpaired) electrons. The van der Waals surface area contributed by atoms with Gasteiger partial charge >= 0.3 is 0 Å². The highest BCUT2D eigenvalue weighted by molar-refractivity contribution is 6.02.